The summed E-state index contributed by atoms with van der Waals surface area (Å²) in [6.45, 7) is 3.69. The maximum Gasteiger partial charge on any atom is 0.134 e. The molecule has 2 heterocycles. The SMILES string of the molecule is CCc1oc2ccccc2c1CNCc1ccccn1. The molecule has 0 radical (unpaired) electrons. The van der Waals surface area contributed by atoms with Crippen LogP contribution in [0.25, 0.3) is 11.0 Å². The number of nitrogens with zero attached hydrogens (tertiary/aromatic N) is 1. The fourth-order valence-electron chi connectivity index (χ4n) is 2.45. The van der Waals surface area contributed by atoms with E-state index in [-0.39, 0.29) is 0 Å². The quantitative estimate of drug-likeness (QED) is 0.765. The Balaban J connectivity index is 1.77. The molecule has 2 aromatic heterocycles. The zero-order chi connectivity index (χ0) is 13.8. The summed E-state index contributed by atoms with van der Waals surface area (Å²) >= 11 is 0. The lowest BCUT2D eigenvalue weighted by molar-refractivity contribution is 0.543. The summed E-state index contributed by atoms with van der Waals surface area (Å²) in [6.07, 6.45) is 2.73. The van der Waals surface area contributed by atoms with E-state index in [1.54, 1.807) is 0 Å². The molecule has 0 amide bonds. The van der Waals surface area contributed by atoms with E-state index < -0.39 is 0 Å². The lowest BCUT2D eigenvalue weighted by atomic mass is 10.1. The summed E-state index contributed by atoms with van der Waals surface area (Å²) in [5.41, 5.74) is 3.29. The number of hydrogen-bond acceptors (Lipinski definition) is 3. The number of pyridine rings is 1. The topological polar surface area (TPSA) is 38.1 Å². The van der Waals surface area contributed by atoms with Gasteiger partial charge in [-0.15, -0.1) is 0 Å². The molecule has 0 bridgehead atoms. The predicted molar refractivity (Wildman–Crippen MR) is 80.4 cm³/mol. The molecule has 3 aromatic rings. The number of hydrogen-bond donors (Lipinski definition) is 1. The molecule has 1 N–H and O–H groups in total. The van der Waals surface area contributed by atoms with Crippen molar-refractivity contribution in [2.75, 3.05) is 0 Å². The average molecular weight is 266 g/mol. The molecule has 102 valence electrons. The van der Waals surface area contributed by atoms with Gasteiger partial charge in [0.15, 0.2) is 0 Å². The Morgan fingerprint density at radius 1 is 1.05 bits per heavy atom. The highest BCUT2D eigenvalue weighted by molar-refractivity contribution is 5.82. The summed E-state index contributed by atoms with van der Waals surface area (Å²) in [5, 5.41) is 4.65. The molecule has 0 atom stereocenters. The van der Waals surface area contributed by atoms with Crippen LogP contribution in [-0.4, -0.2) is 4.98 Å². The van der Waals surface area contributed by atoms with E-state index in [1.165, 1.54) is 10.9 Å². The molecular formula is C17H18N2O. The van der Waals surface area contributed by atoms with Crippen molar-refractivity contribution in [1.82, 2.24) is 10.3 Å². The van der Waals surface area contributed by atoms with Crippen molar-refractivity contribution >= 4 is 11.0 Å². The first-order valence-electron chi connectivity index (χ1n) is 6.98. The summed E-state index contributed by atoms with van der Waals surface area (Å²) in [4.78, 5) is 4.32. The van der Waals surface area contributed by atoms with Gasteiger partial charge in [-0.2, -0.15) is 0 Å². The number of para-hydroxylation sites is 1. The van der Waals surface area contributed by atoms with Crippen LogP contribution in [0.3, 0.4) is 0 Å². The van der Waals surface area contributed by atoms with E-state index in [9.17, 15) is 0 Å². The van der Waals surface area contributed by atoms with Crippen molar-refractivity contribution in [2.45, 2.75) is 26.4 Å². The molecule has 0 saturated carbocycles. The number of aromatic nitrogens is 1. The van der Waals surface area contributed by atoms with Crippen LogP contribution in [0.1, 0.15) is 23.9 Å². The van der Waals surface area contributed by atoms with Crippen LogP contribution >= 0.6 is 0 Å². The van der Waals surface area contributed by atoms with Gasteiger partial charge in [0.05, 0.1) is 5.69 Å². The second-order valence-corrected chi connectivity index (χ2v) is 4.78. The standard InChI is InChI=1S/C17H18N2O/c1-2-16-15(14-8-3-4-9-17(14)20-16)12-18-11-13-7-5-6-10-19-13/h3-10,18H,2,11-12H2,1H3. The second kappa shape index (κ2) is 5.88. The Kier molecular flexibility index (Phi) is 3.79. The second-order valence-electron chi connectivity index (χ2n) is 4.78. The van der Waals surface area contributed by atoms with Gasteiger partial charge in [-0.1, -0.05) is 31.2 Å². The Hall–Kier alpha value is -2.13. The summed E-state index contributed by atoms with van der Waals surface area (Å²) in [7, 11) is 0. The van der Waals surface area contributed by atoms with Crippen LogP contribution in [0.2, 0.25) is 0 Å². The van der Waals surface area contributed by atoms with Crippen molar-refractivity contribution in [2.24, 2.45) is 0 Å². The van der Waals surface area contributed by atoms with Gasteiger partial charge in [-0.3, -0.25) is 4.98 Å². The van der Waals surface area contributed by atoms with Crippen molar-refractivity contribution in [3.63, 3.8) is 0 Å². The first-order valence-corrected chi connectivity index (χ1v) is 6.98. The highest BCUT2D eigenvalue weighted by Gasteiger charge is 2.11. The van der Waals surface area contributed by atoms with Crippen molar-refractivity contribution in [3.05, 3.63) is 65.7 Å². The molecule has 3 heteroatoms. The van der Waals surface area contributed by atoms with E-state index in [2.05, 4.69) is 29.4 Å². The zero-order valence-electron chi connectivity index (χ0n) is 11.6. The maximum absolute atomic E-state index is 5.90. The number of fused-ring (bicyclic) bond motifs is 1. The first-order chi connectivity index (χ1) is 9.88. The lowest BCUT2D eigenvalue weighted by Gasteiger charge is -2.04. The Labute approximate surface area is 118 Å². The Morgan fingerprint density at radius 2 is 1.90 bits per heavy atom. The van der Waals surface area contributed by atoms with E-state index in [1.807, 2.05) is 36.5 Å². The molecule has 3 nitrogen and oxygen atoms in total. The minimum atomic E-state index is 0.767. The smallest absolute Gasteiger partial charge is 0.134 e. The molecule has 0 fully saturated rings. The normalized spacial score (nSPS) is 11.1. The molecule has 0 aliphatic carbocycles. The molecule has 0 saturated heterocycles. The third-order valence-electron chi connectivity index (χ3n) is 3.44. The van der Waals surface area contributed by atoms with Crippen LogP contribution in [0, 0.1) is 0 Å². The van der Waals surface area contributed by atoms with Crippen LogP contribution < -0.4 is 5.32 Å². The molecule has 0 spiro atoms. The molecule has 0 unspecified atom stereocenters. The minimum absolute atomic E-state index is 0.767. The van der Waals surface area contributed by atoms with Gasteiger partial charge in [-0.05, 0) is 18.2 Å². The highest BCUT2D eigenvalue weighted by Crippen LogP contribution is 2.26. The monoisotopic (exact) mass is 266 g/mol. The van der Waals surface area contributed by atoms with Gasteiger partial charge >= 0.3 is 0 Å². The fraction of sp³-hybridized carbons (Fsp3) is 0.235. The van der Waals surface area contributed by atoms with Crippen molar-refractivity contribution in [3.8, 4) is 0 Å². The molecular weight excluding hydrogens is 248 g/mol. The third-order valence-corrected chi connectivity index (χ3v) is 3.44. The Bertz CT molecular complexity index is 689. The number of furan rings is 1. The van der Waals surface area contributed by atoms with E-state index in [0.29, 0.717) is 0 Å². The molecule has 3 rings (SSSR count). The van der Waals surface area contributed by atoms with Gasteiger partial charge in [0.2, 0.25) is 0 Å². The van der Waals surface area contributed by atoms with Crippen molar-refractivity contribution < 1.29 is 4.42 Å². The van der Waals surface area contributed by atoms with Gasteiger partial charge in [0.25, 0.3) is 0 Å². The minimum Gasteiger partial charge on any atom is -0.461 e. The Morgan fingerprint density at radius 3 is 2.70 bits per heavy atom. The molecule has 0 aliphatic rings. The van der Waals surface area contributed by atoms with Crippen LogP contribution in [0.4, 0.5) is 0 Å². The number of benzene rings is 1. The number of aryl methyl sites for hydroxylation is 1. The molecule has 20 heavy (non-hydrogen) atoms. The van der Waals surface area contributed by atoms with E-state index in [4.69, 9.17) is 4.42 Å². The lowest BCUT2D eigenvalue weighted by Crippen LogP contribution is -2.14. The van der Waals surface area contributed by atoms with E-state index >= 15 is 0 Å². The van der Waals surface area contributed by atoms with E-state index in [0.717, 1.165) is 36.5 Å². The van der Waals surface area contributed by atoms with Gasteiger partial charge in [0, 0.05) is 36.7 Å². The van der Waals surface area contributed by atoms with Crippen LogP contribution in [-0.2, 0) is 19.5 Å². The summed E-state index contributed by atoms with van der Waals surface area (Å²) < 4.78 is 5.90. The first kappa shape index (κ1) is 12.9. The third kappa shape index (κ3) is 2.58. The largest absolute Gasteiger partial charge is 0.461 e. The number of nitrogens with one attached hydrogen (secondary N) is 1. The van der Waals surface area contributed by atoms with Crippen LogP contribution in [0.5, 0.6) is 0 Å². The van der Waals surface area contributed by atoms with Crippen molar-refractivity contribution in [1.29, 1.82) is 0 Å². The summed E-state index contributed by atoms with van der Waals surface area (Å²) in [5.74, 6) is 1.07. The van der Waals surface area contributed by atoms with Crippen LogP contribution in [0.15, 0.2) is 53.1 Å². The summed E-state index contributed by atoms with van der Waals surface area (Å²) in [6, 6.07) is 14.2. The average Bonchev–Trinajstić information content (AvgIpc) is 2.87. The van der Waals surface area contributed by atoms with Gasteiger partial charge in [-0.25, -0.2) is 0 Å². The maximum atomic E-state index is 5.90. The predicted octanol–water partition coefficient (Wildman–Crippen LogP) is 3.68. The van der Waals surface area contributed by atoms with Gasteiger partial charge < -0.3 is 9.73 Å². The molecule has 0 aliphatic heterocycles. The highest BCUT2D eigenvalue weighted by atomic mass is 16.3. The fourth-order valence-corrected chi connectivity index (χ4v) is 2.45. The van der Waals surface area contributed by atoms with Gasteiger partial charge in [0.1, 0.15) is 11.3 Å². The number of rotatable bonds is 5. The zero-order valence-corrected chi connectivity index (χ0v) is 11.6. The molecule has 1 aromatic carbocycles.